The monoisotopic (exact) mass is 393 g/mol. The fourth-order valence-electron chi connectivity index (χ4n) is 3.41. The van der Waals surface area contributed by atoms with E-state index in [4.69, 9.17) is 16.3 Å². The highest BCUT2D eigenvalue weighted by molar-refractivity contribution is 6.30. The molecule has 2 aromatic heterocycles. The summed E-state index contributed by atoms with van der Waals surface area (Å²) in [6.45, 7) is 9.91. The molecule has 0 amide bonds. The highest BCUT2D eigenvalue weighted by Crippen LogP contribution is 2.39. The molecule has 1 fully saturated rings. The summed E-state index contributed by atoms with van der Waals surface area (Å²) in [5, 5.41) is 23.0. The number of nitrogens with one attached hydrogen (secondary N) is 1. The molecule has 0 aromatic carbocycles. The lowest BCUT2D eigenvalue weighted by Gasteiger charge is -2.25. The van der Waals surface area contributed by atoms with E-state index in [1.807, 2.05) is 25.3 Å². The molecule has 0 radical (unpaired) electrons. The van der Waals surface area contributed by atoms with Gasteiger partial charge >= 0.3 is 0 Å². The summed E-state index contributed by atoms with van der Waals surface area (Å²) in [7, 11) is 0. The number of imidazole rings is 1. The molecular weight excluding hydrogens is 366 g/mol. The van der Waals surface area contributed by atoms with Gasteiger partial charge in [-0.1, -0.05) is 25.4 Å². The normalized spacial score (nSPS) is 22.2. The summed E-state index contributed by atoms with van der Waals surface area (Å²) in [6, 6.07) is 4.07. The molecule has 1 aliphatic rings. The number of nitriles is 1. The van der Waals surface area contributed by atoms with E-state index in [2.05, 4.69) is 21.4 Å². The summed E-state index contributed by atoms with van der Waals surface area (Å²) in [5.41, 5.74) is 2.29. The first kappa shape index (κ1) is 21.4. The third-order valence-corrected chi connectivity index (χ3v) is 4.54. The molecule has 0 bridgehead atoms. The SMILES string of the molecule is CC.CCNc1cc(Cl)nc2c1ncn2C1CC(C#N)[C@@H](OC(C)(C)O)C1. The zero-order valence-electron chi connectivity index (χ0n) is 16.5. The average molecular weight is 394 g/mol. The zero-order valence-corrected chi connectivity index (χ0v) is 17.3. The summed E-state index contributed by atoms with van der Waals surface area (Å²) in [5.74, 6) is -1.56. The van der Waals surface area contributed by atoms with E-state index in [1.165, 1.54) is 0 Å². The molecule has 2 heterocycles. The number of halogens is 1. The third kappa shape index (κ3) is 4.89. The van der Waals surface area contributed by atoms with Crippen LogP contribution in [0, 0.1) is 17.2 Å². The van der Waals surface area contributed by atoms with Gasteiger partial charge in [0.05, 0.1) is 30.1 Å². The minimum atomic E-state index is -1.27. The first-order chi connectivity index (χ1) is 12.8. The van der Waals surface area contributed by atoms with Gasteiger partial charge in [0.25, 0.3) is 0 Å². The maximum absolute atomic E-state index is 9.92. The molecule has 2 aromatic rings. The van der Waals surface area contributed by atoms with Crippen LogP contribution < -0.4 is 5.32 Å². The first-order valence-electron chi connectivity index (χ1n) is 9.39. The van der Waals surface area contributed by atoms with Crippen molar-refractivity contribution in [2.75, 3.05) is 11.9 Å². The highest BCUT2D eigenvalue weighted by Gasteiger charge is 2.39. The zero-order chi connectivity index (χ0) is 20.2. The Kier molecular flexibility index (Phi) is 7.04. The molecule has 3 atom stereocenters. The van der Waals surface area contributed by atoms with E-state index in [0.29, 0.717) is 23.6 Å². The van der Waals surface area contributed by atoms with Crippen molar-refractivity contribution in [3.8, 4) is 6.07 Å². The third-order valence-electron chi connectivity index (χ3n) is 4.34. The fraction of sp³-hybridized carbons (Fsp3) is 0.632. The van der Waals surface area contributed by atoms with Gasteiger partial charge in [-0.15, -0.1) is 0 Å². The molecule has 8 heteroatoms. The van der Waals surface area contributed by atoms with Crippen LogP contribution in [0.25, 0.3) is 11.2 Å². The second-order valence-electron chi connectivity index (χ2n) is 6.81. The Bertz CT molecular complexity index is 809. The molecule has 2 N–H and O–H groups in total. The van der Waals surface area contributed by atoms with E-state index >= 15 is 0 Å². The largest absolute Gasteiger partial charge is 0.383 e. The predicted octanol–water partition coefficient (Wildman–Crippen LogP) is 4.13. The van der Waals surface area contributed by atoms with Crippen LogP contribution in [0.3, 0.4) is 0 Å². The van der Waals surface area contributed by atoms with Crippen LogP contribution >= 0.6 is 11.6 Å². The lowest BCUT2D eigenvalue weighted by molar-refractivity contribution is -0.209. The van der Waals surface area contributed by atoms with Crippen molar-refractivity contribution in [2.24, 2.45) is 5.92 Å². The van der Waals surface area contributed by atoms with E-state index in [1.54, 1.807) is 26.2 Å². The van der Waals surface area contributed by atoms with Gasteiger partial charge in [-0.2, -0.15) is 5.26 Å². The van der Waals surface area contributed by atoms with Crippen molar-refractivity contribution < 1.29 is 9.84 Å². The molecule has 0 saturated heterocycles. The average Bonchev–Trinajstić information content (AvgIpc) is 3.19. The Morgan fingerprint density at radius 3 is 2.74 bits per heavy atom. The van der Waals surface area contributed by atoms with E-state index < -0.39 is 5.79 Å². The summed E-state index contributed by atoms with van der Waals surface area (Å²) >= 11 is 6.16. The molecule has 1 aliphatic carbocycles. The van der Waals surface area contributed by atoms with E-state index in [9.17, 15) is 10.4 Å². The maximum Gasteiger partial charge on any atom is 0.163 e. The summed E-state index contributed by atoms with van der Waals surface area (Å²) in [6.07, 6.45) is 2.63. The molecule has 2 unspecified atom stereocenters. The van der Waals surface area contributed by atoms with Gasteiger partial charge in [0.15, 0.2) is 11.4 Å². The quantitative estimate of drug-likeness (QED) is 0.585. The first-order valence-corrected chi connectivity index (χ1v) is 9.77. The maximum atomic E-state index is 9.92. The lowest BCUT2D eigenvalue weighted by Crippen LogP contribution is -2.31. The second-order valence-corrected chi connectivity index (χ2v) is 7.20. The number of rotatable bonds is 5. The van der Waals surface area contributed by atoms with E-state index in [0.717, 1.165) is 17.7 Å². The molecule has 3 rings (SSSR count). The van der Waals surface area contributed by atoms with Gasteiger partial charge in [-0.05, 0) is 33.6 Å². The van der Waals surface area contributed by atoms with Gasteiger partial charge in [-0.25, -0.2) is 9.97 Å². The van der Waals surface area contributed by atoms with Crippen LogP contribution in [0.15, 0.2) is 12.4 Å². The summed E-state index contributed by atoms with van der Waals surface area (Å²) < 4.78 is 7.63. The van der Waals surface area contributed by atoms with Crippen molar-refractivity contribution >= 4 is 28.5 Å². The standard InChI is InChI=1S/C17H22ClN5O2.C2H6/c1-4-20-12-7-14(18)22-16-15(12)21-9-23(16)11-5-10(8-19)13(6-11)25-17(2,3)24;1-2/h7,9-11,13,24H,4-6H2,1-3H3,(H,20,22);1-2H3/t10?,11?,13-;/m0./s1. The smallest absolute Gasteiger partial charge is 0.163 e. The van der Waals surface area contributed by atoms with Crippen molar-refractivity contribution in [3.05, 3.63) is 17.5 Å². The fourth-order valence-corrected chi connectivity index (χ4v) is 3.60. The number of aliphatic hydroxyl groups is 1. The van der Waals surface area contributed by atoms with Crippen molar-refractivity contribution in [2.45, 2.75) is 65.4 Å². The van der Waals surface area contributed by atoms with Crippen molar-refractivity contribution in [3.63, 3.8) is 0 Å². The lowest BCUT2D eigenvalue weighted by atomic mass is 10.1. The number of nitrogens with zero attached hydrogens (tertiary/aromatic N) is 4. The van der Waals surface area contributed by atoms with Crippen LogP contribution in [0.1, 0.15) is 53.5 Å². The number of anilines is 1. The minimum absolute atomic E-state index is 0.0162. The van der Waals surface area contributed by atoms with Crippen LogP contribution in [0.2, 0.25) is 5.15 Å². The molecule has 27 heavy (non-hydrogen) atoms. The van der Waals surface area contributed by atoms with Gasteiger partial charge in [0.1, 0.15) is 10.7 Å². The topological polar surface area (TPSA) is 96.0 Å². The molecule has 0 spiro atoms. The highest BCUT2D eigenvalue weighted by atomic mass is 35.5. The Hall–Kier alpha value is -1.88. The molecule has 148 valence electrons. The molecule has 7 nitrogen and oxygen atoms in total. The molecule has 1 saturated carbocycles. The number of fused-ring (bicyclic) bond motifs is 1. The second kappa shape index (κ2) is 8.87. The van der Waals surface area contributed by atoms with E-state index in [-0.39, 0.29) is 18.1 Å². The van der Waals surface area contributed by atoms with Crippen LogP contribution in [-0.4, -0.2) is 38.1 Å². The Balaban J connectivity index is 0.00000126. The van der Waals surface area contributed by atoms with Gasteiger partial charge in [-0.3, -0.25) is 0 Å². The minimum Gasteiger partial charge on any atom is -0.383 e. The number of pyridine rings is 1. The predicted molar refractivity (Wildman–Crippen MR) is 107 cm³/mol. The van der Waals surface area contributed by atoms with Crippen LogP contribution in [-0.2, 0) is 4.74 Å². The van der Waals surface area contributed by atoms with Crippen LogP contribution in [0.4, 0.5) is 5.69 Å². The number of hydrogen-bond acceptors (Lipinski definition) is 6. The van der Waals surface area contributed by atoms with Crippen molar-refractivity contribution in [1.29, 1.82) is 5.26 Å². The number of aromatic nitrogens is 3. The summed E-state index contributed by atoms with van der Waals surface area (Å²) in [4.78, 5) is 8.91. The molecular formula is C19H28ClN5O2. The number of hydrogen-bond donors (Lipinski definition) is 2. The Morgan fingerprint density at radius 1 is 1.44 bits per heavy atom. The van der Waals surface area contributed by atoms with Crippen molar-refractivity contribution in [1.82, 2.24) is 14.5 Å². The molecule has 0 aliphatic heterocycles. The van der Waals surface area contributed by atoms with Gasteiger partial charge < -0.3 is 19.7 Å². The number of ether oxygens (including phenoxy) is 1. The Labute approximate surface area is 165 Å². The van der Waals surface area contributed by atoms with Gasteiger partial charge in [0.2, 0.25) is 0 Å². The van der Waals surface area contributed by atoms with Crippen LogP contribution in [0.5, 0.6) is 0 Å². The van der Waals surface area contributed by atoms with Gasteiger partial charge in [0, 0.05) is 18.7 Å². The Morgan fingerprint density at radius 2 is 2.15 bits per heavy atom.